The first-order valence-electron chi connectivity index (χ1n) is 29.9. The molecule has 2 aromatic heterocycles. The van der Waals surface area contributed by atoms with E-state index in [1.165, 1.54) is 111 Å². The van der Waals surface area contributed by atoms with Crippen molar-refractivity contribution in [1.29, 1.82) is 0 Å². The van der Waals surface area contributed by atoms with Gasteiger partial charge in [0.05, 0.1) is 41.5 Å². The van der Waals surface area contributed by atoms with Crippen LogP contribution in [0.25, 0.3) is 0 Å². The third-order valence-corrected chi connectivity index (χ3v) is 21.1. The summed E-state index contributed by atoms with van der Waals surface area (Å²) >= 11 is 0. The smallest absolute Gasteiger partial charge is 0.271 e. The minimum absolute atomic E-state index is 0.0422. The Labute approximate surface area is 516 Å². The van der Waals surface area contributed by atoms with Crippen LogP contribution in [-0.4, -0.2) is 141 Å². The Kier molecular flexibility index (Phi) is 22.8. The van der Waals surface area contributed by atoms with Crippen LogP contribution in [0.15, 0.2) is 108 Å². The topological polar surface area (TPSA) is 176 Å². The number of aromatic nitrogens is 4. The maximum atomic E-state index is 15.9. The van der Waals surface area contributed by atoms with Gasteiger partial charge in [-0.2, -0.15) is 0 Å². The number of sulfonamides is 2. The third-order valence-electron chi connectivity index (χ3n) is 17.5. The lowest BCUT2D eigenvalue weighted by molar-refractivity contribution is 0.0957. The molecule has 18 nitrogen and oxygen atoms in total. The molecule has 2 aliphatic heterocycles. The Balaban J connectivity index is 0.000000209. The number of methoxy groups -OCH3 is 4. The predicted molar refractivity (Wildman–Crippen MR) is 334 cm³/mol. The first-order valence-corrected chi connectivity index (χ1v) is 32.8. The normalized spacial score (nSPS) is 18.3. The molecule has 0 amide bonds. The molecule has 2 saturated carbocycles. The summed E-state index contributed by atoms with van der Waals surface area (Å²) < 4.78 is 142. The van der Waals surface area contributed by atoms with Crippen molar-refractivity contribution in [2.45, 2.75) is 125 Å². The van der Waals surface area contributed by atoms with Crippen molar-refractivity contribution in [1.82, 2.24) is 29.7 Å². The van der Waals surface area contributed by atoms with E-state index >= 15 is 17.6 Å². The van der Waals surface area contributed by atoms with Crippen LogP contribution in [-0.2, 0) is 33.1 Å². The lowest BCUT2D eigenvalue weighted by atomic mass is 9.79. The Bertz CT molecular complexity index is 3450. The average molecular weight is 1260 g/mol. The van der Waals surface area contributed by atoms with Gasteiger partial charge in [0.25, 0.3) is 20.0 Å². The van der Waals surface area contributed by atoms with Gasteiger partial charge in [-0.3, -0.25) is 0 Å². The summed E-state index contributed by atoms with van der Waals surface area (Å²) in [5.74, 6) is -1.35. The fourth-order valence-electron chi connectivity index (χ4n) is 12.4. The summed E-state index contributed by atoms with van der Waals surface area (Å²) in [6.07, 6.45) is 20.7. The molecule has 1 unspecified atom stereocenters. The average Bonchev–Trinajstić information content (AvgIpc) is 2.13. The number of rotatable bonds is 20. The van der Waals surface area contributed by atoms with Gasteiger partial charge in [0.1, 0.15) is 70.6 Å². The van der Waals surface area contributed by atoms with E-state index in [0.717, 1.165) is 77.2 Å². The number of piperidine rings is 2. The van der Waals surface area contributed by atoms with Crippen molar-refractivity contribution >= 4 is 43.1 Å². The molecule has 10 rings (SSSR count). The summed E-state index contributed by atoms with van der Waals surface area (Å²) in [6.45, 7) is 4.20. The van der Waals surface area contributed by atoms with Gasteiger partial charge in [0.15, 0.2) is 9.79 Å². The number of hydrogen-bond donors (Lipinski definition) is 0. The Morgan fingerprint density at radius 3 is 1.42 bits per heavy atom. The van der Waals surface area contributed by atoms with Crippen LogP contribution in [0.4, 0.5) is 40.6 Å². The van der Waals surface area contributed by atoms with E-state index in [2.05, 4.69) is 50.8 Å². The molecule has 2 saturated heterocycles. The Hall–Kier alpha value is -7.02. The maximum Gasteiger partial charge on any atom is 0.271 e. The number of nitrogens with zero attached hydrogens (tertiary/aromatic N) is 10. The van der Waals surface area contributed by atoms with Gasteiger partial charge in [0.2, 0.25) is 0 Å². The van der Waals surface area contributed by atoms with Gasteiger partial charge in [0, 0.05) is 96.9 Å². The number of ether oxygens (including phenoxy) is 4. The summed E-state index contributed by atoms with van der Waals surface area (Å²) in [5.41, 5.74) is 1.41. The molecule has 0 spiro atoms. The minimum atomic E-state index is -4.77. The molecule has 4 aliphatic rings. The van der Waals surface area contributed by atoms with Crippen molar-refractivity contribution in [3.05, 3.63) is 132 Å². The molecular weight excluding hydrogens is 1180 g/mol. The molecule has 24 heteroatoms. The molecule has 2 atom stereocenters. The summed E-state index contributed by atoms with van der Waals surface area (Å²) in [6, 6.07) is 17.1. The molecule has 478 valence electrons. The third kappa shape index (κ3) is 15.9. The molecule has 0 radical (unpaired) electrons. The zero-order valence-corrected chi connectivity index (χ0v) is 53.6. The Morgan fingerprint density at radius 2 is 1.02 bits per heavy atom. The molecule has 2 aliphatic carbocycles. The van der Waals surface area contributed by atoms with Crippen LogP contribution in [0.2, 0.25) is 0 Å². The van der Waals surface area contributed by atoms with Crippen LogP contribution < -0.4 is 37.4 Å². The van der Waals surface area contributed by atoms with Crippen LogP contribution in [0.5, 0.6) is 23.0 Å². The van der Waals surface area contributed by atoms with Crippen molar-refractivity contribution in [3.63, 3.8) is 0 Å². The largest absolute Gasteiger partial charge is 0.497 e. The van der Waals surface area contributed by atoms with Crippen LogP contribution in [0.3, 0.4) is 0 Å². The SMILES string of the molecule is CC1CCCC1.COc1ccc(CN(c2ccncn2)S(=O)(=O)c2c(F)cc(N3CCCC(N(C)C)C3)cc2F)c(OC)c1.COc1ccc(CN(c2ccncn2)S(=O)(=O)c2c(F)cc(N3CCC[C@@](CC4CCCC4)(N(C)C)C3)cc2F)c(OC)c1. The van der Waals surface area contributed by atoms with Crippen LogP contribution in [0.1, 0.15) is 102 Å². The number of benzene rings is 4. The highest BCUT2D eigenvalue weighted by molar-refractivity contribution is 7.93. The van der Waals surface area contributed by atoms with E-state index in [4.69, 9.17) is 18.9 Å². The number of halogens is 4. The van der Waals surface area contributed by atoms with E-state index in [-0.39, 0.29) is 36.3 Å². The summed E-state index contributed by atoms with van der Waals surface area (Å²) in [7, 11) is 4.43. The second kappa shape index (κ2) is 30.0. The van der Waals surface area contributed by atoms with Crippen LogP contribution >= 0.6 is 0 Å². The standard InChI is InChI=1S/C32H41F2N5O4S.C26H31F2N5O4S.C6H12/c1-37(2)32(19-23-8-5-6-9-23)13-7-15-38(21-32)25-16-27(33)31(28(34)17-25)44(40,41)39(30-12-14-35-22-36-30)20-24-10-11-26(42-3)18-29(24)43-4;1-31(2)19-6-5-11-32(16-19)20-12-22(27)26(23(28)13-20)38(34,35)33(25-9-10-29-17-30-25)15-18-7-8-21(36-3)14-24(18)37-4;1-6-4-2-3-5-6/h10-12,14,16-18,22-23H,5-9,13,15,19-21H2,1-4H3;7-10,12-14,17,19H,5-6,11,15-16H2,1-4H3;6H,2-5H2,1H3/t32-;;/m0../s1. The van der Waals surface area contributed by atoms with Crippen LogP contribution in [0, 0.1) is 35.1 Å². The van der Waals surface area contributed by atoms with Crippen molar-refractivity contribution in [2.75, 3.05) is 101 Å². The lowest BCUT2D eigenvalue weighted by Gasteiger charge is -2.49. The zero-order chi connectivity index (χ0) is 63.3. The van der Waals surface area contributed by atoms with E-state index in [0.29, 0.717) is 77.6 Å². The number of likely N-dealkylation sites (N-methyl/N-ethyl adjacent to an activating group) is 2. The molecule has 0 bridgehead atoms. The fraction of sp³-hybridized carbons (Fsp3) is 0.500. The molecule has 88 heavy (non-hydrogen) atoms. The number of hydrogen-bond acceptors (Lipinski definition) is 16. The molecule has 0 N–H and O–H groups in total. The molecule has 6 aromatic rings. The van der Waals surface area contributed by atoms with E-state index in [1.807, 2.05) is 23.9 Å². The van der Waals surface area contributed by atoms with Gasteiger partial charge in [-0.1, -0.05) is 58.3 Å². The molecule has 4 heterocycles. The molecule has 4 aromatic carbocycles. The highest BCUT2D eigenvalue weighted by Crippen LogP contribution is 2.42. The predicted octanol–water partition coefficient (Wildman–Crippen LogP) is 11.5. The van der Waals surface area contributed by atoms with Gasteiger partial charge >= 0.3 is 0 Å². The van der Waals surface area contributed by atoms with Crippen molar-refractivity contribution < 1.29 is 53.3 Å². The lowest BCUT2D eigenvalue weighted by Crippen LogP contribution is -2.57. The highest BCUT2D eigenvalue weighted by Gasteiger charge is 2.42. The zero-order valence-electron chi connectivity index (χ0n) is 52.0. The van der Waals surface area contributed by atoms with Gasteiger partial charge in [-0.25, -0.2) is 62.9 Å². The second-order valence-corrected chi connectivity index (χ2v) is 27.2. The highest BCUT2D eigenvalue weighted by atomic mass is 32.2. The van der Waals surface area contributed by atoms with Gasteiger partial charge < -0.3 is 38.5 Å². The molecule has 4 fully saturated rings. The Morgan fingerprint density at radius 1 is 0.568 bits per heavy atom. The minimum Gasteiger partial charge on any atom is -0.497 e. The van der Waals surface area contributed by atoms with Crippen molar-refractivity contribution in [2.24, 2.45) is 11.8 Å². The van der Waals surface area contributed by atoms with Crippen molar-refractivity contribution in [3.8, 4) is 23.0 Å². The monoisotopic (exact) mass is 1260 g/mol. The summed E-state index contributed by atoms with van der Waals surface area (Å²) in [5, 5.41) is 0. The second-order valence-electron chi connectivity index (χ2n) is 23.6. The van der Waals surface area contributed by atoms with E-state index < -0.39 is 53.1 Å². The van der Waals surface area contributed by atoms with Gasteiger partial charge in [-0.05, 0) is 121 Å². The quantitative estimate of drug-likeness (QED) is 0.0659. The van der Waals surface area contributed by atoms with E-state index in [9.17, 15) is 16.8 Å². The van der Waals surface area contributed by atoms with Gasteiger partial charge in [-0.15, -0.1) is 0 Å². The number of anilines is 4. The fourth-order valence-corrected chi connectivity index (χ4v) is 15.4. The summed E-state index contributed by atoms with van der Waals surface area (Å²) in [4.78, 5) is 22.0. The van der Waals surface area contributed by atoms with E-state index in [1.54, 1.807) is 36.4 Å². The first kappa shape index (κ1) is 66.9. The maximum absolute atomic E-state index is 15.9. The first-order chi connectivity index (χ1) is 42.1. The molecular formula is C64H84F4N10O8S2.